The average molecular weight is 373 g/mol. The Hall–Kier alpha value is -1.26. The lowest BCUT2D eigenvalue weighted by Crippen LogP contribution is -3.10. The molecule has 23 heavy (non-hydrogen) atoms. The number of nitrogens with one attached hydrogen (secondary N) is 2. The number of halogens is 3. The molecule has 0 heterocycles. The first kappa shape index (κ1) is 18.1. The lowest BCUT2D eigenvalue weighted by molar-refractivity contribution is -0.902. The number of hydrogen-bond donors (Lipinski definition) is 2. The molecule has 2 N–H and O–H groups in total. The van der Waals surface area contributed by atoms with Crippen molar-refractivity contribution < 1.29 is 9.69 Å². The van der Waals surface area contributed by atoms with E-state index in [1.165, 1.54) is 0 Å². The van der Waals surface area contributed by atoms with E-state index in [1.54, 1.807) is 18.2 Å². The topological polar surface area (TPSA) is 33.5 Å². The number of rotatable bonds is 5. The van der Waals surface area contributed by atoms with Gasteiger partial charge in [-0.25, -0.2) is 0 Å². The lowest BCUT2D eigenvalue weighted by Gasteiger charge is -2.22. The number of likely N-dealkylation sites (N-methyl/N-ethyl adjacent to an activating group) is 1. The standard InChI is InChI=1S/C17H17Cl3N2O/c1-11(12-6-3-4-7-13(12)18)22(2)10-16(23)21-17-14(19)8-5-9-15(17)20/h3-9,11H,10H2,1-2H3,(H,21,23)/p+1/t11-/m1/s1. The second-order valence-electron chi connectivity index (χ2n) is 5.41. The molecule has 0 spiro atoms. The van der Waals surface area contributed by atoms with Crippen molar-refractivity contribution in [3.63, 3.8) is 0 Å². The summed E-state index contributed by atoms with van der Waals surface area (Å²) in [5.41, 5.74) is 1.45. The zero-order valence-corrected chi connectivity index (χ0v) is 15.1. The Balaban J connectivity index is 2.04. The summed E-state index contributed by atoms with van der Waals surface area (Å²) in [6.07, 6.45) is 0. The Bertz CT molecular complexity index is 686. The summed E-state index contributed by atoms with van der Waals surface area (Å²) in [7, 11) is 1.95. The van der Waals surface area contributed by atoms with Crippen LogP contribution < -0.4 is 10.2 Å². The Morgan fingerprint density at radius 3 is 2.22 bits per heavy atom. The first-order chi connectivity index (χ1) is 10.9. The molecule has 122 valence electrons. The van der Waals surface area contributed by atoms with Gasteiger partial charge in [0, 0.05) is 10.6 Å². The molecule has 0 bridgehead atoms. The molecule has 2 aromatic carbocycles. The number of carbonyl (C=O) groups excluding carboxylic acids is 1. The Morgan fingerprint density at radius 1 is 1.04 bits per heavy atom. The van der Waals surface area contributed by atoms with Crippen LogP contribution in [0.4, 0.5) is 5.69 Å². The van der Waals surface area contributed by atoms with Gasteiger partial charge in [0.2, 0.25) is 0 Å². The van der Waals surface area contributed by atoms with E-state index in [0.29, 0.717) is 20.8 Å². The van der Waals surface area contributed by atoms with Gasteiger partial charge in [0.1, 0.15) is 6.04 Å². The van der Waals surface area contributed by atoms with Gasteiger partial charge in [-0.3, -0.25) is 4.79 Å². The van der Waals surface area contributed by atoms with Crippen molar-refractivity contribution in [2.75, 3.05) is 18.9 Å². The van der Waals surface area contributed by atoms with Crippen molar-refractivity contribution in [3.8, 4) is 0 Å². The van der Waals surface area contributed by atoms with Crippen LogP contribution in [0.1, 0.15) is 18.5 Å². The van der Waals surface area contributed by atoms with Crippen molar-refractivity contribution in [2.45, 2.75) is 13.0 Å². The van der Waals surface area contributed by atoms with Crippen molar-refractivity contribution in [3.05, 3.63) is 63.1 Å². The molecule has 2 atom stereocenters. The minimum Gasteiger partial charge on any atom is -0.324 e. The minimum absolute atomic E-state index is 0.0798. The van der Waals surface area contributed by atoms with E-state index in [0.717, 1.165) is 10.5 Å². The normalized spacial score (nSPS) is 13.4. The number of quaternary nitrogens is 1. The Kier molecular flexibility index (Phi) is 6.31. The zero-order chi connectivity index (χ0) is 17.0. The molecule has 0 aromatic heterocycles. The van der Waals surface area contributed by atoms with Gasteiger partial charge in [-0.1, -0.05) is 59.1 Å². The maximum absolute atomic E-state index is 12.3. The third-order valence-corrected chi connectivity index (χ3v) is 4.75. The van der Waals surface area contributed by atoms with Gasteiger partial charge in [-0.15, -0.1) is 0 Å². The van der Waals surface area contributed by atoms with Crippen LogP contribution in [0.15, 0.2) is 42.5 Å². The largest absolute Gasteiger partial charge is 0.324 e. The van der Waals surface area contributed by atoms with Crippen LogP contribution in [0.5, 0.6) is 0 Å². The molecule has 0 radical (unpaired) electrons. The summed E-state index contributed by atoms with van der Waals surface area (Å²) < 4.78 is 0. The van der Waals surface area contributed by atoms with Crippen molar-refractivity contribution >= 4 is 46.4 Å². The van der Waals surface area contributed by atoms with Crippen LogP contribution in [-0.4, -0.2) is 19.5 Å². The number of carbonyl (C=O) groups is 1. The second-order valence-corrected chi connectivity index (χ2v) is 6.63. The predicted octanol–water partition coefficient (Wildman–Crippen LogP) is 3.86. The fourth-order valence-corrected chi connectivity index (χ4v) is 3.09. The van der Waals surface area contributed by atoms with Crippen LogP contribution in [0, 0.1) is 0 Å². The monoisotopic (exact) mass is 371 g/mol. The van der Waals surface area contributed by atoms with Crippen LogP contribution in [0.3, 0.4) is 0 Å². The van der Waals surface area contributed by atoms with Gasteiger partial charge in [0.05, 0.1) is 22.8 Å². The quantitative estimate of drug-likeness (QED) is 0.821. The first-order valence-electron chi connectivity index (χ1n) is 7.20. The molecular weight excluding hydrogens is 355 g/mol. The first-order valence-corrected chi connectivity index (χ1v) is 8.34. The van der Waals surface area contributed by atoms with Gasteiger partial charge >= 0.3 is 0 Å². The third kappa shape index (κ3) is 4.61. The molecule has 6 heteroatoms. The molecule has 2 aromatic rings. The van der Waals surface area contributed by atoms with Crippen LogP contribution in [0.25, 0.3) is 0 Å². The smallest absolute Gasteiger partial charge is 0.279 e. The SMILES string of the molecule is C[C@H](c1ccccc1Cl)[NH+](C)CC(=O)Nc1c(Cl)cccc1Cl. The molecule has 0 saturated heterocycles. The fourth-order valence-electron chi connectivity index (χ4n) is 2.30. The fraction of sp³-hybridized carbons (Fsp3) is 0.235. The molecule has 1 unspecified atom stereocenters. The number of hydrogen-bond acceptors (Lipinski definition) is 1. The van der Waals surface area contributed by atoms with Gasteiger partial charge in [-0.2, -0.15) is 0 Å². The van der Waals surface area contributed by atoms with Crippen LogP contribution in [0.2, 0.25) is 15.1 Å². The molecular formula is C17H18Cl3N2O+. The summed E-state index contributed by atoms with van der Waals surface area (Å²) in [4.78, 5) is 13.3. The van der Waals surface area contributed by atoms with E-state index in [9.17, 15) is 4.79 Å². The van der Waals surface area contributed by atoms with Crippen molar-refractivity contribution in [2.24, 2.45) is 0 Å². The third-order valence-electron chi connectivity index (χ3n) is 3.78. The summed E-state index contributed by atoms with van der Waals surface area (Å²) in [6, 6.07) is 12.8. The van der Waals surface area contributed by atoms with Gasteiger partial charge in [0.15, 0.2) is 6.54 Å². The summed E-state index contributed by atoms with van der Waals surface area (Å²) >= 11 is 18.4. The van der Waals surface area contributed by atoms with E-state index in [-0.39, 0.29) is 18.5 Å². The highest BCUT2D eigenvalue weighted by Crippen LogP contribution is 2.29. The highest BCUT2D eigenvalue weighted by molar-refractivity contribution is 6.39. The van der Waals surface area contributed by atoms with E-state index < -0.39 is 0 Å². The number of amides is 1. The number of benzene rings is 2. The summed E-state index contributed by atoms with van der Waals surface area (Å²) in [5.74, 6) is -0.156. The number of anilines is 1. The zero-order valence-electron chi connectivity index (χ0n) is 12.9. The van der Waals surface area contributed by atoms with Crippen LogP contribution >= 0.6 is 34.8 Å². The van der Waals surface area contributed by atoms with Crippen molar-refractivity contribution in [1.82, 2.24) is 0 Å². The Morgan fingerprint density at radius 2 is 1.61 bits per heavy atom. The van der Waals surface area contributed by atoms with Gasteiger partial charge in [0.25, 0.3) is 5.91 Å². The molecule has 1 amide bonds. The maximum atomic E-state index is 12.3. The molecule has 0 aliphatic carbocycles. The molecule has 0 fully saturated rings. The molecule has 3 nitrogen and oxygen atoms in total. The predicted molar refractivity (Wildman–Crippen MR) is 96.7 cm³/mol. The van der Waals surface area contributed by atoms with Gasteiger partial charge < -0.3 is 10.2 Å². The van der Waals surface area contributed by atoms with E-state index in [1.807, 2.05) is 38.2 Å². The van der Waals surface area contributed by atoms with Gasteiger partial charge in [-0.05, 0) is 25.1 Å². The second kappa shape index (κ2) is 8.02. The highest BCUT2D eigenvalue weighted by atomic mass is 35.5. The average Bonchev–Trinajstić information content (AvgIpc) is 2.51. The van der Waals surface area contributed by atoms with Crippen LogP contribution in [-0.2, 0) is 4.79 Å². The number of para-hydroxylation sites is 1. The molecule has 2 rings (SSSR count). The summed E-state index contributed by atoms with van der Waals surface area (Å²) in [5, 5.41) is 4.31. The minimum atomic E-state index is -0.156. The molecule has 0 saturated carbocycles. The summed E-state index contributed by atoms with van der Waals surface area (Å²) in [6.45, 7) is 2.31. The van der Waals surface area contributed by atoms with E-state index in [2.05, 4.69) is 5.32 Å². The van der Waals surface area contributed by atoms with E-state index >= 15 is 0 Å². The highest BCUT2D eigenvalue weighted by Gasteiger charge is 2.21. The molecule has 0 aliphatic heterocycles. The Labute approximate surface area is 151 Å². The molecule has 0 aliphatic rings. The maximum Gasteiger partial charge on any atom is 0.279 e. The van der Waals surface area contributed by atoms with E-state index in [4.69, 9.17) is 34.8 Å². The van der Waals surface area contributed by atoms with Crippen molar-refractivity contribution in [1.29, 1.82) is 0 Å². The lowest BCUT2D eigenvalue weighted by atomic mass is 10.1.